The fourth-order valence-corrected chi connectivity index (χ4v) is 2.63. The van der Waals surface area contributed by atoms with Crippen LogP contribution in [0, 0.1) is 0 Å². The van der Waals surface area contributed by atoms with Crippen LogP contribution in [0.25, 0.3) is 0 Å². The first-order chi connectivity index (χ1) is 12.8. The van der Waals surface area contributed by atoms with Crippen molar-refractivity contribution in [2.45, 2.75) is 25.4 Å². The first-order valence-electron chi connectivity index (χ1n) is 8.30. The largest absolute Gasteiger partial charge is 0.497 e. The van der Waals surface area contributed by atoms with Gasteiger partial charge in [0.25, 0.3) is 0 Å². The Hall–Kier alpha value is -3.29. The lowest BCUT2D eigenvalue weighted by atomic mass is 9.99. The number of nitrogens with zero attached hydrogens (tertiary/aromatic N) is 5. The Morgan fingerprint density at radius 2 is 1.88 bits per heavy atom. The Morgan fingerprint density at radius 3 is 2.54 bits per heavy atom. The monoisotopic (exact) mass is 352 g/mol. The number of methoxy groups -OCH3 is 1. The van der Waals surface area contributed by atoms with Crippen LogP contribution >= 0.6 is 0 Å². The Bertz CT molecular complexity index is 805. The van der Waals surface area contributed by atoms with Crippen LogP contribution < -0.4 is 10.1 Å². The van der Waals surface area contributed by atoms with E-state index in [-0.39, 0.29) is 11.9 Å². The van der Waals surface area contributed by atoms with Gasteiger partial charge in [-0.1, -0.05) is 12.1 Å². The highest BCUT2D eigenvalue weighted by atomic mass is 16.5. The summed E-state index contributed by atoms with van der Waals surface area (Å²) in [4.78, 5) is 16.5. The van der Waals surface area contributed by atoms with Crippen molar-refractivity contribution in [2.24, 2.45) is 0 Å². The fraction of sp³-hybridized carbons (Fsp3) is 0.278. The van der Waals surface area contributed by atoms with Gasteiger partial charge in [-0.3, -0.25) is 9.78 Å². The van der Waals surface area contributed by atoms with Gasteiger partial charge < -0.3 is 10.1 Å². The van der Waals surface area contributed by atoms with Crippen molar-refractivity contribution in [3.8, 4) is 5.75 Å². The van der Waals surface area contributed by atoms with Crippen LogP contribution in [0.4, 0.5) is 0 Å². The molecule has 0 bridgehead atoms. The van der Waals surface area contributed by atoms with Crippen molar-refractivity contribution in [2.75, 3.05) is 7.11 Å². The van der Waals surface area contributed by atoms with Gasteiger partial charge in [0.05, 0.1) is 13.2 Å². The van der Waals surface area contributed by atoms with E-state index in [0.29, 0.717) is 19.4 Å². The maximum atomic E-state index is 12.4. The van der Waals surface area contributed by atoms with Crippen LogP contribution in [0.1, 0.15) is 30.0 Å². The molecule has 134 valence electrons. The molecule has 0 saturated heterocycles. The molecule has 0 aliphatic heterocycles. The van der Waals surface area contributed by atoms with Crippen LogP contribution in [0.15, 0.2) is 55.1 Å². The molecule has 1 N–H and O–H groups in total. The number of carbonyl (C=O) groups excluding carboxylic acids is 1. The van der Waals surface area contributed by atoms with Gasteiger partial charge in [-0.25, -0.2) is 4.68 Å². The van der Waals surface area contributed by atoms with Crippen molar-refractivity contribution in [3.05, 3.63) is 66.2 Å². The average Bonchev–Trinajstić information content (AvgIpc) is 3.20. The number of hydrogen-bond acceptors (Lipinski definition) is 6. The zero-order valence-electron chi connectivity index (χ0n) is 14.4. The zero-order chi connectivity index (χ0) is 18.2. The predicted octanol–water partition coefficient (Wildman–Crippen LogP) is 1.76. The average molecular weight is 352 g/mol. The molecule has 2 aromatic heterocycles. The third-order valence-electron chi connectivity index (χ3n) is 3.98. The molecule has 26 heavy (non-hydrogen) atoms. The first kappa shape index (κ1) is 17.5. The molecule has 0 unspecified atom stereocenters. The normalized spacial score (nSPS) is 11.7. The van der Waals surface area contributed by atoms with Crippen molar-refractivity contribution in [1.82, 2.24) is 30.5 Å². The Balaban J connectivity index is 1.67. The van der Waals surface area contributed by atoms with Crippen molar-refractivity contribution >= 4 is 5.91 Å². The molecule has 0 spiro atoms. The van der Waals surface area contributed by atoms with Gasteiger partial charge in [0.2, 0.25) is 5.91 Å². The van der Waals surface area contributed by atoms with E-state index < -0.39 is 0 Å². The van der Waals surface area contributed by atoms with Crippen molar-refractivity contribution < 1.29 is 9.53 Å². The number of ether oxygens (including phenoxy) is 1. The van der Waals surface area contributed by atoms with Gasteiger partial charge in [-0.15, -0.1) is 5.10 Å². The summed E-state index contributed by atoms with van der Waals surface area (Å²) in [5.74, 6) is 0.741. The van der Waals surface area contributed by atoms with Crippen molar-refractivity contribution in [1.29, 1.82) is 0 Å². The molecule has 0 radical (unpaired) electrons. The molecular formula is C18H20N6O2. The number of nitrogens with one attached hydrogen (secondary N) is 1. The summed E-state index contributed by atoms with van der Waals surface area (Å²) >= 11 is 0. The summed E-state index contributed by atoms with van der Waals surface area (Å²) in [5.41, 5.74) is 1.95. The van der Waals surface area contributed by atoms with E-state index in [2.05, 4.69) is 25.8 Å². The number of pyridine rings is 1. The van der Waals surface area contributed by atoms with Gasteiger partial charge >= 0.3 is 0 Å². The molecule has 2 heterocycles. The lowest BCUT2D eigenvalue weighted by molar-refractivity contribution is -0.121. The maximum absolute atomic E-state index is 12.4. The maximum Gasteiger partial charge on any atom is 0.220 e. The number of tetrazole rings is 1. The summed E-state index contributed by atoms with van der Waals surface area (Å²) in [6.45, 7) is 0.600. The molecule has 8 nitrogen and oxygen atoms in total. The summed E-state index contributed by atoms with van der Waals surface area (Å²) in [6.07, 6.45) is 6.01. The highest BCUT2D eigenvalue weighted by Gasteiger charge is 2.17. The van der Waals surface area contributed by atoms with E-state index in [1.54, 1.807) is 24.2 Å². The zero-order valence-corrected chi connectivity index (χ0v) is 14.4. The predicted molar refractivity (Wildman–Crippen MR) is 94.3 cm³/mol. The van der Waals surface area contributed by atoms with Crippen LogP contribution in [-0.2, 0) is 11.3 Å². The fourth-order valence-electron chi connectivity index (χ4n) is 2.63. The SMILES string of the molecule is COc1ccc([C@@H](NC(=O)CCCn2cnnn2)c2ccncc2)cc1. The van der Waals surface area contributed by atoms with E-state index in [1.807, 2.05) is 36.4 Å². The van der Waals surface area contributed by atoms with Gasteiger partial charge in [0.1, 0.15) is 12.1 Å². The molecule has 3 rings (SSSR count). The van der Waals surface area contributed by atoms with E-state index in [9.17, 15) is 4.79 Å². The van der Waals surface area contributed by atoms with Crippen molar-refractivity contribution in [3.63, 3.8) is 0 Å². The van der Waals surface area contributed by atoms with Gasteiger partial charge in [-0.2, -0.15) is 0 Å². The standard InChI is InChI=1S/C18H20N6O2/c1-26-16-6-4-14(5-7-16)18(15-8-10-19-11-9-15)21-17(25)3-2-12-24-13-20-22-23-24/h4-11,13,18H,2-3,12H2,1H3,(H,21,25)/t18-/m1/s1. The van der Waals surface area contributed by atoms with E-state index in [4.69, 9.17) is 4.74 Å². The third kappa shape index (κ3) is 4.62. The molecule has 8 heteroatoms. The highest BCUT2D eigenvalue weighted by molar-refractivity contribution is 5.77. The summed E-state index contributed by atoms with van der Waals surface area (Å²) in [6, 6.07) is 11.2. The number of rotatable bonds is 8. The molecule has 0 aliphatic rings. The second kappa shape index (κ2) is 8.70. The Labute approximate surface area is 151 Å². The van der Waals surface area contributed by atoms with Gasteiger partial charge in [0, 0.05) is 25.4 Å². The number of aromatic nitrogens is 5. The molecule has 0 saturated carbocycles. The third-order valence-corrected chi connectivity index (χ3v) is 3.98. The molecule has 3 aromatic rings. The Kier molecular flexibility index (Phi) is 5.87. The minimum Gasteiger partial charge on any atom is -0.497 e. The molecule has 1 amide bonds. The molecule has 1 aromatic carbocycles. The van der Waals surface area contributed by atoms with E-state index in [1.165, 1.54) is 6.33 Å². The van der Waals surface area contributed by atoms with Gasteiger partial charge in [-0.05, 0) is 52.2 Å². The second-order valence-electron chi connectivity index (χ2n) is 5.73. The molecule has 1 atom stereocenters. The van der Waals surface area contributed by atoms with E-state index >= 15 is 0 Å². The number of amides is 1. The summed E-state index contributed by atoms with van der Waals surface area (Å²) < 4.78 is 6.82. The topological polar surface area (TPSA) is 94.8 Å². The van der Waals surface area contributed by atoms with Crippen LogP contribution in [0.5, 0.6) is 5.75 Å². The quantitative estimate of drug-likeness (QED) is 0.664. The lowest BCUT2D eigenvalue weighted by Gasteiger charge is -2.20. The number of aryl methyl sites for hydroxylation is 1. The molecular weight excluding hydrogens is 332 g/mol. The lowest BCUT2D eigenvalue weighted by Crippen LogP contribution is -2.29. The smallest absolute Gasteiger partial charge is 0.220 e. The number of benzene rings is 1. The highest BCUT2D eigenvalue weighted by Crippen LogP contribution is 2.24. The molecule has 0 fully saturated rings. The minimum absolute atomic E-state index is 0.0318. The Morgan fingerprint density at radius 1 is 1.15 bits per heavy atom. The van der Waals surface area contributed by atoms with Gasteiger partial charge in [0.15, 0.2) is 0 Å². The van der Waals surface area contributed by atoms with Crippen LogP contribution in [0.3, 0.4) is 0 Å². The minimum atomic E-state index is -0.246. The van der Waals surface area contributed by atoms with Crippen LogP contribution in [0.2, 0.25) is 0 Å². The number of carbonyl (C=O) groups is 1. The van der Waals surface area contributed by atoms with E-state index in [0.717, 1.165) is 16.9 Å². The first-order valence-corrected chi connectivity index (χ1v) is 8.30. The summed E-state index contributed by atoms with van der Waals surface area (Å²) in [5, 5.41) is 14.0. The second-order valence-corrected chi connectivity index (χ2v) is 5.73. The summed E-state index contributed by atoms with van der Waals surface area (Å²) in [7, 11) is 1.63. The van der Waals surface area contributed by atoms with Crippen LogP contribution in [-0.4, -0.2) is 38.2 Å². The number of hydrogen-bond donors (Lipinski definition) is 1. The molecule has 0 aliphatic carbocycles.